The van der Waals surface area contributed by atoms with Crippen LogP contribution in [0.15, 0.2) is 79.1 Å². The van der Waals surface area contributed by atoms with Gasteiger partial charge in [-0.1, -0.05) is 36.4 Å². The van der Waals surface area contributed by atoms with Crippen LogP contribution in [0.3, 0.4) is 0 Å². The molecule has 0 radical (unpaired) electrons. The Kier molecular flexibility index (Phi) is 5.80. The number of anilines is 1. The van der Waals surface area contributed by atoms with Crippen LogP contribution in [-0.4, -0.2) is 25.7 Å². The molecule has 2 N–H and O–H groups in total. The largest absolute Gasteiger partial charge is 0.378 e. The SMILES string of the molecule is Cn1c(CNc2cccc(C(=O)NCc3ccccc3)c2)nnc1-c1ccncc1. The highest BCUT2D eigenvalue weighted by atomic mass is 16.1. The smallest absolute Gasteiger partial charge is 0.251 e. The lowest BCUT2D eigenvalue weighted by atomic mass is 10.1. The van der Waals surface area contributed by atoms with E-state index in [1.165, 1.54) is 0 Å². The van der Waals surface area contributed by atoms with Gasteiger partial charge in [-0.2, -0.15) is 0 Å². The third-order valence-corrected chi connectivity index (χ3v) is 4.77. The van der Waals surface area contributed by atoms with Crippen LogP contribution in [0.5, 0.6) is 0 Å². The number of rotatable bonds is 7. The van der Waals surface area contributed by atoms with E-state index in [9.17, 15) is 4.79 Å². The van der Waals surface area contributed by atoms with Crippen molar-refractivity contribution in [3.8, 4) is 11.4 Å². The number of carbonyl (C=O) groups excluding carboxylic acids is 1. The Morgan fingerprint density at radius 1 is 0.933 bits per heavy atom. The van der Waals surface area contributed by atoms with Crippen LogP contribution in [0.4, 0.5) is 5.69 Å². The van der Waals surface area contributed by atoms with Crippen molar-refractivity contribution in [1.82, 2.24) is 25.1 Å². The number of hydrogen-bond acceptors (Lipinski definition) is 5. The fourth-order valence-corrected chi connectivity index (χ4v) is 3.10. The molecule has 2 aromatic heterocycles. The molecule has 30 heavy (non-hydrogen) atoms. The molecule has 0 unspecified atom stereocenters. The summed E-state index contributed by atoms with van der Waals surface area (Å²) in [7, 11) is 1.93. The first kappa shape index (κ1) is 19.3. The number of pyridine rings is 1. The van der Waals surface area contributed by atoms with E-state index < -0.39 is 0 Å². The van der Waals surface area contributed by atoms with E-state index in [1.54, 1.807) is 18.5 Å². The van der Waals surface area contributed by atoms with Gasteiger partial charge < -0.3 is 15.2 Å². The van der Waals surface area contributed by atoms with Crippen LogP contribution in [0.1, 0.15) is 21.7 Å². The zero-order chi connectivity index (χ0) is 20.8. The van der Waals surface area contributed by atoms with Crippen molar-refractivity contribution in [2.45, 2.75) is 13.1 Å². The molecule has 7 nitrogen and oxygen atoms in total. The Balaban J connectivity index is 1.39. The first-order valence-corrected chi connectivity index (χ1v) is 9.65. The number of nitrogens with zero attached hydrogens (tertiary/aromatic N) is 4. The molecule has 2 aromatic carbocycles. The molecule has 7 heteroatoms. The molecule has 0 aliphatic heterocycles. The minimum absolute atomic E-state index is 0.110. The van der Waals surface area contributed by atoms with Gasteiger partial charge in [0.1, 0.15) is 0 Å². The number of nitrogens with one attached hydrogen (secondary N) is 2. The van der Waals surface area contributed by atoms with Gasteiger partial charge >= 0.3 is 0 Å². The van der Waals surface area contributed by atoms with Crippen LogP contribution in [-0.2, 0) is 20.1 Å². The van der Waals surface area contributed by atoms with Gasteiger partial charge in [-0.25, -0.2) is 0 Å². The Bertz CT molecular complexity index is 1120. The average Bonchev–Trinajstić information content (AvgIpc) is 3.17. The van der Waals surface area contributed by atoms with E-state index in [1.807, 2.05) is 72.3 Å². The second-order valence-electron chi connectivity index (χ2n) is 6.84. The molecule has 0 bridgehead atoms. The summed E-state index contributed by atoms with van der Waals surface area (Å²) < 4.78 is 1.94. The zero-order valence-electron chi connectivity index (χ0n) is 16.6. The summed E-state index contributed by atoms with van der Waals surface area (Å²) in [5.41, 5.74) is 3.47. The number of hydrogen-bond donors (Lipinski definition) is 2. The highest BCUT2D eigenvalue weighted by Crippen LogP contribution is 2.17. The molecular weight excluding hydrogens is 376 g/mol. The van der Waals surface area contributed by atoms with Crippen molar-refractivity contribution >= 4 is 11.6 Å². The molecule has 0 saturated heterocycles. The van der Waals surface area contributed by atoms with Gasteiger partial charge in [0.25, 0.3) is 5.91 Å². The molecule has 0 aliphatic rings. The summed E-state index contributed by atoms with van der Waals surface area (Å²) in [5, 5.41) is 14.8. The van der Waals surface area contributed by atoms with Crippen molar-refractivity contribution < 1.29 is 4.79 Å². The van der Waals surface area contributed by atoms with Crippen LogP contribution in [0.25, 0.3) is 11.4 Å². The number of aromatic nitrogens is 4. The van der Waals surface area contributed by atoms with Crippen LogP contribution in [0.2, 0.25) is 0 Å². The molecule has 4 aromatic rings. The maximum absolute atomic E-state index is 12.5. The lowest BCUT2D eigenvalue weighted by molar-refractivity contribution is 0.0951. The molecule has 2 heterocycles. The second kappa shape index (κ2) is 9.00. The molecule has 1 amide bonds. The summed E-state index contributed by atoms with van der Waals surface area (Å²) in [6, 6.07) is 21.1. The van der Waals surface area contributed by atoms with Gasteiger partial charge in [0.2, 0.25) is 0 Å². The molecule has 0 aliphatic carbocycles. The van der Waals surface area contributed by atoms with Crippen molar-refractivity contribution in [2.24, 2.45) is 7.05 Å². The first-order chi connectivity index (χ1) is 14.7. The minimum Gasteiger partial charge on any atom is -0.378 e. The molecule has 150 valence electrons. The molecular formula is C23H22N6O. The minimum atomic E-state index is -0.110. The topological polar surface area (TPSA) is 84.7 Å². The average molecular weight is 398 g/mol. The number of carbonyl (C=O) groups is 1. The monoisotopic (exact) mass is 398 g/mol. The van der Waals surface area contributed by atoms with Crippen molar-refractivity contribution in [2.75, 3.05) is 5.32 Å². The van der Waals surface area contributed by atoms with Crippen molar-refractivity contribution in [3.05, 3.63) is 96.1 Å². The molecule has 0 spiro atoms. The van der Waals surface area contributed by atoms with E-state index >= 15 is 0 Å². The fourth-order valence-electron chi connectivity index (χ4n) is 3.10. The maximum Gasteiger partial charge on any atom is 0.251 e. The summed E-state index contributed by atoms with van der Waals surface area (Å²) in [6.07, 6.45) is 3.46. The van der Waals surface area contributed by atoms with Gasteiger partial charge in [-0.15, -0.1) is 10.2 Å². The third-order valence-electron chi connectivity index (χ3n) is 4.77. The molecule has 0 atom stereocenters. The second-order valence-corrected chi connectivity index (χ2v) is 6.84. The summed E-state index contributed by atoms with van der Waals surface area (Å²) in [6.45, 7) is 0.984. The summed E-state index contributed by atoms with van der Waals surface area (Å²) in [4.78, 5) is 16.5. The van der Waals surface area contributed by atoms with Gasteiger partial charge in [0.15, 0.2) is 11.6 Å². The molecule has 4 rings (SSSR count). The van der Waals surface area contributed by atoms with Gasteiger partial charge in [-0.3, -0.25) is 9.78 Å². The number of benzene rings is 2. The summed E-state index contributed by atoms with van der Waals surface area (Å²) >= 11 is 0. The van der Waals surface area contributed by atoms with Crippen molar-refractivity contribution in [1.29, 1.82) is 0 Å². The lowest BCUT2D eigenvalue weighted by Crippen LogP contribution is -2.22. The molecule has 0 fully saturated rings. The van der Waals surface area contributed by atoms with Crippen molar-refractivity contribution in [3.63, 3.8) is 0 Å². The lowest BCUT2D eigenvalue weighted by Gasteiger charge is -2.09. The standard InChI is InChI=1S/C23H22N6O/c1-29-21(27-28-22(29)18-10-12-24-13-11-18)16-25-20-9-5-8-19(14-20)23(30)26-15-17-6-3-2-4-7-17/h2-14,25H,15-16H2,1H3,(H,26,30). The highest BCUT2D eigenvalue weighted by Gasteiger charge is 2.11. The maximum atomic E-state index is 12.5. The van der Waals surface area contributed by atoms with Gasteiger partial charge in [-0.05, 0) is 35.9 Å². The van der Waals surface area contributed by atoms with E-state index in [2.05, 4.69) is 25.8 Å². The van der Waals surface area contributed by atoms with Gasteiger partial charge in [0.05, 0.1) is 6.54 Å². The zero-order valence-corrected chi connectivity index (χ0v) is 16.6. The number of amides is 1. The third kappa shape index (κ3) is 4.52. The summed E-state index contributed by atoms with van der Waals surface area (Å²) in [5.74, 6) is 1.46. The van der Waals surface area contributed by atoms with E-state index in [0.717, 1.165) is 28.5 Å². The Labute approximate surface area is 174 Å². The van der Waals surface area contributed by atoms with Crippen LogP contribution < -0.4 is 10.6 Å². The predicted octanol–water partition coefficient (Wildman–Crippen LogP) is 3.42. The first-order valence-electron chi connectivity index (χ1n) is 9.65. The Morgan fingerprint density at radius 2 is 1.73 bits per heavy atom. The van der Waals surface area contributed by atoms with Gasteiger partial charge in [0, 0.05) is 42.8 Å². The Morgan fingerprint density at radius 3 is 2.53 bits per heavy atom. The highest BCUT2D eigenvalue weighted by molar-refractivity contribution is 5.95. The normalized spacial score (nSPS) is 10.6. The van der Waals surface area contributed by atoms with E-state index in [4.69, 9.17) is 0 Å². The van der Waals surface area contributed by atoms with E-state index in [0.29, 0.717) is 18.7 Å². The fraction of sp³-hybridized carbons (Fsp3) is 0.130. The Hall–Kier alpha value is -4.00. The predicted molar refractivity (Wildman–Crippen MR) is 116 cm³/mol. The quantitative estimate of drug-likeness (QED) is 0.498. The van der Waals surface area contributed by atoms with E-state index in [-0.39, 0.29) is 5.91 Å². The van der Waals surface area contributed by atoms with Crippen LogP contribution >= 0.6 is 0 Å². The molecule has 0 saturated carbocycles. The van der Waals surface area contributed by atoms with Crippen LogP contribution in [0, 0.1) is 0 Å².